The Morgan fingerprint density at radius 1 is 1.03 bits per heavy atom. The number of hydrogen-bond acceptors (Lipinski definition) is 5. The summed E-state index contributed by atoms with van der Waals surface area (Å²) in [7, 11) is -2.34. The van der Waals surface area contributed by atoms with Crippen LogP contribution in [0, 0.1) is 5.41 Å². The number of nitrogens with one attached hydrogen (secondary N) is 1. The van der Waals surface area contributed by atoms with E-state index in [2.05, 4.69) is 5.32 Å². The standard InChI is InChI=1S/C21H26N2O5S/c1-21(2,3)14-20(25)28-15-19(24)22-16-9-8-12-18(13-16)29(26,27)23(4)17-10-6-5-7-11-17/h5-13H,14-15H2,1-4H3,(H,22,24). The van der Waals surface area contributed by atoms with E-state index in [1.807, 2.05) is 20.8 Å². The summed E-state index contributed by atoms with van der Waals surface area (Å²) >= 11 is 0. The van der Waals surface area contributed by atoms with Gasteiger partial charge in [-0.15, -0.1) is 0 Å². The van der Waals surface area contributed by atoms with E-state index in [0.29, 0.717) is 11.4 Å². The highest BCUT2D eigenvalue weighted by molar-refractivity contribution is 7.92. The Labute approximate surface area is 171 Å². The highest BCUT2D eigenvalue weighted by Crippen LogP contribution is 2.23. The highest BCUT2D eigenvalue weighted by Gasteiger charge is 2.22. The largest absolute Gasteiger partial charge is 0.456 e. The van der Waals surface area contributed by atoms with Crippen LogP contribution in [0.5, 0.6) is 0 Å². The molecule has 0 spiro atoms. The van der Waals surface area contributed by atoms with E-state index in [1.54, 1.807) is 36.4 Å². The van der Waals surface area contributed by atoms with Crippen molar-refractivity contribution < 1.29 is 22.7 Å². The Bertz CT molecular complexity index is 966. The Balaban J connectivity index is 2.05. The molecule has 1 N–H and O–H groups in total. The van der Waals surface area contributed by atoms with Crippen molar-refractivity contribution in [3.05, 3.63) is 54.6 Å². The van der Waals surface area contributed by atoms with Gasteiger partial charge in [0.05, 0.1) is 17.0 Å². The van der Waals surface area contributed by atoms with Crippen molar-refractivity contribution in [3.8, 4) is 0 Å². The van der Waals surface area contributed by atoms with Crippen LogP contribution in [0.4, 0.5) is 11.4 Å². The van der Waals surface area contributed by atoms with Crippen molar-refractivity contribution in [3.63, 3.8) is 0 Å². The zero-order chi connectivity index (χ0) is 21.7. The first-order chi connectivity index (χ1) is 13.5. The fraction of sp³-hybridized carbons (Fsp3) is 0.333. The molecule has 0 aliphatic heterocycles. The molecule has 29 heavy (non-hydrogen) atoms. The molecule has 8 heteroatoms. The van der Waals surface area contributed by atoms with Crippen molar-refractivity contribution >= 4 is 33.3 Å². The van der Waals surface area contributed by atoms with E-state index in [0.717, 1.165) is 0 Å². The second kappa shape index (κ2) is 9.09. The van der Waals surface area contributed by atoms with E-state index in [1.165, 1.54) is 29.6 Å². The van der Waals surface area contributed by atoms with Gasteiger partial charge in [0.15, 0.2) is 6.61 Å². The Morgan fingerprint density at radius 3 is 2.31 bits per heavy atom. The second-order valence-corrected chi connectivity index (χ2v) is 9.75. The lowest BCUT2D eigenvalue weighted by Crippen LogP contribution is -2.27. The molecular formula is C21H26N2O5S. The normalized spacial score (nSPS) is 11.6. The van der Waals surface area contributed by atoms with E-state index in [4.69, 9.17) is 4.74 Å². The molecule has 2 rings (SSSR count). The average Bonchev–Trinajstić information content (AvgIpc) is 2.65. The van der Waals surface area contributed by atoms with E-state index in [9.17, 15) is 18.0 Å². The molecule has 0 saturated carbocycles. The fourth-order valence-corrected chi connectivity index (χ4v) is 3.74. The molecule has 0 aliphatic rings. The lowest BCUT2D eigenvalue weighted by atomic mass is 9.92. The number of carbonyl (C=O) groups is 2. The molecule has 0 fully saturated rings. The number of amides is 1. The van der Waals surface area contributed by atoms with Crippen LogP contribution >= 0.6 is 0 Å². The average molecular weight is 419 g/mol. The van der Waals surface area contributed by atoms with Crippen molar-refractivity contribution in [2.45, 2.75) is 32.1 Å². The number of nitrogens with zero attached hydrogens (tertiary/aromatic N) is 1. The van der Waals surface area contributed by atoms with Crippen LogP contribution in [0.15, 0.2) is 59.5 Å². The van der Waals surface area contributed by atoms with Gasteiger partial charge in [-0.3, -0.25) is 13.9 Å². The van der Waals surface area contributed by atoms with Crippen LogP contribution in [0.1, 0.15) is 27.2 Å². The predicted octanol–water partition coefficient (Wildman–Crippen LogP) is 3.43. The lowest BCUT2D eigenvalue weighted by molar-refractivity contribution is -0.149. The van der Waals surface area contributed by atoms with Gasteiger partial charge in [0, 0.05) is 12.7 Å². The minimum Gasteiger partial charge on any atom is -0.456 e. The first-order valence-electron chi connectivity index (χ1n) is 9.08. The zero-order valence-corrected chi connectivity index (χ0v) is 17.8. The van der Waals surface area contributed by atoms with Crippen LogP contribution in [0.2, 0.25) is 0 Å². The minimum absolute atomic E-state index is 0.0337. The first kappa shape index (κ1) is 22.4. The molecule has 0 unspecified atom stereocenters. The van der Waals surface area contributed by atoms with E-state index < -0.39 is 28.5 Å². The molecule has 2 aromatic carbocycles. The monoisotopic (exact) mass is 418 g/mol. The Morgan fingerprint density at radius 2 is 1.69 bits per heavy atom. The summed E-state index contributed by atoms with van der Waals surface area (Å²) in [5.74, 6) is -1.01. The van der Waals surface area contributed by atoms with Crippen LogP contribution in [-0.2, 0) is 24.3 Å². The summed E-state index contributed by atoms with van der Waals surface area (Å²) in [5.41, 5.74) is 0.582. The summed E-state index contributed by atoms with van der Waals surface area (Å²) in [4.78, 5) is 23.8. The molecule has 7 nitrogen and oxygen atoms in total. The summed E-state index contributed by atoms with van der Waals surface area (Å²) in [6, 6.07) is 14.6. The number of ether oxygens (including phenoxy) is 1. The number of benzene rings is 2. The second-order valence-electron chi connectivity index (χ2n) is 7.78. The molecule has 2 aromatic rings. The van der Waals surface area contributed by atoms with Gasteiger partial charge >= 0.3 is 5.97 Å². The number of hydrogen-bond donors (Lipinski definition) is 1. The zero-order valence-electron chi connectivity index (χ0n) is 17.0. The molecule has 0 saturated heterocycles. The Hall–Kier alpha value is -2.87. The predicted molar refractivity (Wildman–Crippen MR) is 112 cm³/mol. The van der Waals surface area contributed by atoms with Gasteiger partial charge in [-0.05, 0) is 35.7 Å². The molecule has 0 radical (unpaired) electrons. The number of rotatable bonds is 7. The van der Waals surface area contributed by atoms with Crippen LogP contribution in [-0.4, -0.2) is 33.9 Å². The number of anilines is 2. The summed E-state index contributed by atoms with van der Waals surface area (Å²) in [6.07, 6.45) is 0.194. The van der Waals surface area contributed by atoms with Crippen molar-refractivity contribution in [1.82, 2.24) is 0 Å². The maximum absolute atomic E-state index is 12.9. The van der Waals surface area contributed by atoms with E-state index >= 15 is 0 Å². The van der Waals surface area contributed by atoms with Gasteiger partial charge in [0.1, 0.15) is 0 Å². The van der Waals surface area contributed by atoms with Gasteiger partial charge in [-0.2, -0.15) is 0 Å². The van der Waals surface area contributed by atoms with Crippen molar-refractivity contribution in [2.75, 3.05) is 23.3 Å². The number of carbonyl (C=O) groups excluding carboxylic acids is 2. The third-order valence-corrected chi connectivity index (χ3v) is 5.72. The van der Waals surface area contributed by atoms with Crippen molar-refractivity contribution in [1.29, 1.82) is 0 Å². The molecule has 0 heterocycles. The van der Waals surface area contributed by atoms with Crippen LogP contribution in [0.3, 0.4) is 0 Å². The van der Waals surface area contributed by atoms with Gasteiger partial charge in [-0.25, -0.2) is 8.42 Å². The summed E-state index contributed by atoms with van der Waals surface area (Å²) in [6.45, 7) is 5.25. The van der Waals surface area contributed by atoms with Crippen LogP contribution in [0.25, 0.3) is 0 Å². The van der Waals surface area contributed by atoms with Gasteiger partial charge < -0.3 is 10.1 Å². The van der Waals surface area contributed by atoms with Crippen LogP contribution < -0.4 is 9.62 Å². The highest BCUT2D eigenvalue weighted by atomic mass is 32.2. The molecule has 0 aromatic heterocycles. The minimum atomic E-state index is -3.80. The topological polar surface area (TPSA) is 92.8 Å². The lowest BCUT2D eigenvalue weighted by Gasteiger charge is -2.20. The maximum atomic E-state index is 12.9. The molecule has 0 bridgehead atoms. The number of sulfonamides is 1. The maximum Gasteiger partial charge on any atom is 0.306 e. The quantitative estimate of drug-likeness (QED) is 0.696. The molecular weight excluding hydrogens is 392 g/mol. The van der Waals surface area contributed by atoms with Gasteiger partial charge in [0.25, 0.3) is 15.9 Å². The summed E-state index contributed by atoms with van der Waals surface area (Å²) in [5, 5.41) is 2.55. The molecule has 1 amide bonds. The van der Waals surface area contributed by atoms with E-state index in [-0.39, 0.29) is 16.7 Å². The molecule has 0 atom stereocenters. The van der Waals surface area contributed by atoms with Gasteiger partial charge in [-0.1, -0.05) is 45.0 Å². The molecule has 0 aliphatic carbocycles. The molecule has 156 valence electrons. The summed E-state index contributed by atoms with van der Waals surface area (Å²) < 4.78 is 31.9. The third kappa shape index (κ3) is 6.60. The van der Waals surface area contributed by atoms with Crippen molar-refractivity contribution in [2.24, 2.45) is 5.41 Å². The fourth-order valence-electron chi connectivity index (χ4n) is 2.50. The SMILES string of the molecule is CN(c1ccccc1)S(=O)(=O)c1cccc(NC(=O)COC(=O)CC(C)(C)C)c1. The number of para-hydroxylation sites is 1. The first-order valence-corrected chi connectivity index (χ1v) is 10.5. The number of esters is 1. The third-order valence-electron chi connectivity index (χ3n) is 3.93. The smallest absolute Gasteiger partial charge is 0.306 e. The van der Waals surface area contributed by atoms with Gasteiger partial charge in [0.2, 0.25) is 0 Å². The Kier molecular flexibility index (Phi) is 7.02.